The quantitative estimate of drug-likeness (QED) is 0.349. The van der Waals surface area contributed by atoms with E-state index in [-0.39, 0.29) is 12.6 Å². The van der Waals surface area contributed by atoms with Gasteiger partial charge in [0.05, 0.1) is 6.54 Å². The molecule has 0 unspecified atom stereocenters. The maximum atomic E-state index is 10.4. The topological polar surface area (TPSA) is 29.5 Å². The van der Waals surface area contributed by atoms with Crippen LogP contribution in [-0.4, -0.2) is 37.1 Å². The lowest BCUT2D eigenvalue weighted by molar-refractivity contribution is -0.139. The minimum Gasteiger partial charge on any atom is -0.453 e. The van der Waals surface area contributed by atoms with Crippen LogP contribution in [0.2, 0.25) is 0 Å². The molecule has 0 N–H and O–H groups in total. The fourth-order valence-corrected chi connectivity index (χ4v) is 1.01. The van der Waals surface area contributed by atoms with Gasteiger partial charge in [-0.15, -0.1) is 0 Å². The van der Waals surface area contributed by atoms with E-state index in [0.717, 1.165) is 19.6 Å². The minimum absolute atomic E-state index is 0.205. The Morgan fingerprint density at radius 2 is 2.15 bits per heavy atom. The average Bonchev–Trinajstić information content (AvgIpc) is 2.55. The number of hydrogen-bond acceptors (Lipinski definition) is 3. The molecule has 1 rings (SSSR count). The predicted octanol–water partition coefficient (Wildman–Crippen LogP) is 0.425. The van der Waals surface area contributed by atoms with Gasteiger partial charge in [-0.25, -0.2) is 0 Å². The third-order valence-corrected chi connectivity index (χ3v) is 1.67. The van der Waals surface area contributed by atoms with Gasteiger partial charge in [0, 0.05) is 20.0 Å². The molecule has 0 amide bonds. The summed E-state index contributed by atoms with van der Waals surface area (Å²) >= 11 is 0. The van der Waals surface area contributed by atoms with Crippen molar-refractivity contribution in [2.45, 2.75) is 6.92 Å². The standard InChI is InChI=1S/C10H13NO2/c1-10(12)13-9-5-4-8-11-6-2-3-7-11/h2-3H,6-9H2,1H3. The van der Waals surface area contributed by atoms with Crippen LogP contribution < -0.4 is 0 Å². The Morgan fingerprint density at radius 3 is 2.77 bits per heavy atom. The molecule has 0 aromatic heterocycles. The van der Waals surface area contributed by atoms with Crippen molar-refractivity contribution in [1.29, 1.82) is 0 Å². The Morgan fingerprint density at radius 1 is 1.46 bits per heavy atom. The van der Waals surface area contributed by atoms with E-state index in [4.69, 9.17) is 0 Å². The highest BCUT2D eigenvalue weighted by Gasteiger charge is 2.02. The molecular weight excluding hydrogens is 166 g/mol. The number of carbonyl (C=O) groups is 1. The first kappa shape index (κ1) is 9.82. The van der Waals surface area contributed by atoms with Gasteiger partial charge in [-0.2, -0.15) is 0 Å². The second-order valence-corrected chi connectivity index (χ2v) is 2.80. The number of rotatable bonds is 2. The Kier molecular flexibility index (Phi) is 4.07. The number of carbonyl (C=O) groups excluding carboxylic acids is 1. The smallest absolute Gasteiger partial charge is 0.303 e. The summed E-state index contributed by atoms with van der Waals surface area (Å²) in [6.45, 7) is 4.28. The van der Waals surface area contributed by atoms with Crippen LogP contribution >= 0.6 is 0 Å². The highest BCUT2D eigenvalue weighted by molar-refractivity contribution is 5.66. The summed E-state index contributed by atoms with van der Waals surface area (Å²) in [6.07, 6.45) is 4.24. The van der Waals surface area contributed by atoms with E-state index in [1.165, 1.54) is 6.92 Å². The zero-order chi connectivity index (χ0) is 9.52. The van der Waals surface area contributed by atoms with Gasteiger partial charge >= 0.3 is 5.97 Å². The zero-order valence-electron chi connectivity index (χ0n) is 7.75. The van der Waals surface area contributed by atoms with Crippen LogP contribution in [0.3, 0.4) is 0 Å². The molecule has 0 radical (unpaired) electrons. The third-order valence-electron chi connectivity index (χ3n) is 1.67. The monoisotopic (exact) mass is 179 g/mol. The lowest BCUT2D eigenvalue weighted by Gasteiger charge is -2.08. The average molecular weight is 179 g/mol. The zero-order valence-corrected chi connectivity index (χ0v) is 7.75. The minimum atomic E-state index is -0.280. The number of nitrogens with zero attached hydrogens (tertiary/aromatic N) is 1. The normalized spacial score (nSPS) is 15.2. The fourth-order valence-electron chi connectivity index (χ4n) is 1.01. The largest absolute Gasteiger partial charge is 0.453 e. The molecule has 0 saturated carbocycles. The lowest BCUT2D eigenvalue weighted by atomic mass is 10.5. The van der Waals surface area contributed by atoms with E-state index in [9.17, 15) is 4.79 Å². The lowest BCUT2D eigenvalue weighted by Crippen LogP contribution is -2.19. The Balaban J connectivity index is 2.06. The summed E-state index contributed by atoms with van der Waals surface area (Å²) in [7, 11) is 0. The van der Waals surface area contributed by atoms with Crippen LogP contribution in [0.1, 0.15) is 6.92 Å². The molecule has 3 heteroatoms. The summed E-state index contributed by atoms with van der Waals surface area (Å²) < 4.78 is 4.66. The molecule has 1 aliphatic heterocycles. The molecular formula is C10H13NO2. The van der Waals surface area contributed by atoms with Gasteiger partial charge in [0.1, 0.15) is 0 Å². The second-order valence-electron chi connectivity index (χ2n) is 2.80. The molecule has 3 nitrogen and oxygen atoms in total. The van der Waals surface area contributed by atoms with E-state index >= 15 is 0 Å². The van der Waals surface area contributed by atoms with E-state index in [1.54, 1.807) is 0 Å². The first-order chi connectivity index (χ1) is 6.29. The first-order valence-electron chi connectivity index (χ1n) is 4.25. The van der Waals surface area contributed by atoms with Gasteiger partial charge in [-0.05, 0) is 0 Å². The van der Waals surface area contributed by atoms with Gasteiger partial charge in [-0.3, -0.25) is 9.69 Å². The Bertz CT molecular complexity index is 252. The summed E-state index contributed by atoms with van der Waals surface area (Å²) in [5.74, 6) is 5.44. The maximum absolute atomic E-state index is 10.4. The van der Waals surface area contributed by atoms with Crippen molar-refractivity contribution in [3.05, 3.63) is 12.2 Å². The van der Waals surface area contributed by atoms with Crippen molar-refractivity contribution in [3.63, 3.8) is 0 Å². The molecule has 0 fully saturated rings. The molecule has 1 heterocycles. The molecule has 13 heavy (non-hydrogen) atoms. The summed E-state index contributed by atoms with van der Waals surface area (Å²) in [4.78, 5) is 12.5. The van der Waals surface area contributed by atoms with Crippen LogP contribution in [0, 0.1) is 11.8 Å². The van der Waals surface area contributed by atoms with Gasteiger partial charge in [-0.1, -0.05) is 24.0 Å². The van der Waals surface area contributed by atoms with E-state index in [0.29, 0.717) is 0 Å². The summed E-state index contributed by atoms with van der Waals surface area (Å²) in [6, 6.07) is 0. The van der Waals surface area contributed by atoms with Crippen LogP contribution in [0.15, 0.2) is 12.2 Å². The fraction of sp³-hybridized carbons (Fsp3) is 0.500. The van der Waals surface area contributed by atoms with Crippen molar-refractivity contribution >= 4 is 5.97 Å². The van der Waals surface area contributed by atoms with Crippen molar-refractivity contribution in [3.8, 4) is 11.8 Å². The number of hydrogen-bond donors (Lipinski definition) is 0. The molecule has 0 aliphatic carbocycles. The van der Waals surface area contributed by atoms with Crippen molar-refractivity contribution in [2.75, 3.05) is 26.2 Å². The molecule has 0 spiro atoms. The predicted molar refractivity (Wildman–Crippen MR) is 50.0 cm³/mol. The molecule has 1 aliphatic rings. The van der Waals surface area contributed by atoms with Crippen molar-refractivity contribution < 1.29 is 9.53 Å². The van der Waals surface area contributed by atoms with Gasteiger partial charge in [0.2, 0.25) is 0 Å². The van der Waals surface area contributed by atoms with Gasteiger partial charge in [0.25, 0.3) is 0 Å². The van der Waals surface area contributed by atoms with Gasteiger partial charge in [0.15, 0.2) is 6.61 Å². The number of ether oxygens (including phenoxy) is 1. The van der Waals surface area contributed by atoms with E-state index in [1.807, 2.05) is 0 Å². The molecule has 70 valence electrons. The van der Waals surface area contributed by atoms with Crippen LogP contribution in [0.5, 0.6) is 0 Å². The molecule has 0 saturated heterocycles. The summed E-state index contributed by atoms with van der Waals surface area (Å²) in [5, 5.41) is 0. The second kappa shape index (κ2) is 5.39. The maximum Gasteiger partial charge on any atom is 0.303 e. The van der Waals surface area contributed by atoms with Crippen LogP contribution in [-0.2, 0) is 9.53 Å². The Hall–Kier alpha value is -1.27. The molecule has 0 aromatic carbocycles. The van der Waals surface area contributed by atoms with Crippen molar-refractivity contribution in [2.24, 2.45) is 0 Å². The van der Waals surface area contributed by atoms with Gasteiger partial charge < -0.3 is 4.74 Å². The molecule has 0 bridgehead atoms. The van der Waals surface area contributed by atoms with Crippen molar-refractivity contribution in [1.82, 2.24) is 4.90 Å². The number of esters is 1. The molecule has 0 atom stereocenters. The highest BCUT2D eigenvalue weighted by atomic mass is 16.5. The van der Waals surface area contributed by atoms with Crippen LogP contribution in [0.4, 0.5) is 0 Å². The van der Waals surface area contributed by atoms with Crippen LogP contribution in [0.25, 0.3) is 0 Å². The van der Waals surface area contributed by atoms with E-state index < -0.39 is 0 Å². The Labute approximate surface area is 78.4 Å². The first-order valence-corrected chi connectivity index (χ1v) is 4.25. The molecule has 0 aromatic rings. The summed E-state index contributed by atoms with van der Waals surface area (Å²) in [5.41, 5.74) is 0. The highest BCUT2D eigenvalue weighted by Crippen LogP contribution is 1.95. The third kappa shape index (κ3) is 4.34. The SMILES string of the molecule is CC(=O)OCC#CCN1CC=CC1. The van der Waals surface area contributed by atoms with E-state index in [2.05, 4.69) is 33.6 Å².